The smallest absolute Gasteiger partial charge is 0.330 e. The zero-order valence-corrected chi connectivity index (χ0v) is 12.1. The average Bonchev–Trinajstić information content (AvgIpc) is 2.75. The van der Waals surface area contributed by atoms with Crippen LogP contribution in [-0.4, -0.2) is 48.7 Å². The summed E-state index contributed by atoms with van der Waals surface area (Å²) in [5, 5.41) is 0. The predicted octanol–water partition coefficient (Wildman–Crippen LogP) is 1.52. The molecule has 108 valence electrons. The molecule has 19 heavy (non-hydrogen) atoms. The summed E-state index contributed by atoms with van der Waals surface area (Å²) in [6.45, 7) is 6.98. The zero-order chi connectivity index (χ0) is 14.5. The summed E-state index contributed by atoms with van der Waals surface area (Å²) >= 11 is 0. The van der Waals surface area contributed by atoms with Crippen LogP contribution in [0.5, 0.6) is 0 Å². The number of rotatable bonds is 4. The molecule has 1 aliphatic rings. The number of carbonyl (C=O) groups excluding carboxylic acids is 2. The van der Waals surface area contributed by atoms with Crippen LogP contribution in [0.15, 0.2) is 12.2 Å². The maximum Gasteiger partial charge on any atom is 0.330 e. The Morgan fingerprint density at radius 1 is 1.37 bits per heavy atom. The van der Waals surface area contributed by atoms with Gasteiger partial charge in [-0.2, -0.15) is 0 Å². The minimum Gasteiger partial charge on any atom is -0.466 e. The van der Waals surface area contributed by atoms with Crippen molar-refractivity contribution >= 4 is 11.9 Å². The number of hydrogen-bond donors (Lipinski definition) is 0. The molecule has 1 fully saturated rings. The first-order valence-electron chi connectivity index (χ1n) is 6.55. The van der Waals surface area contributed by atoms with E-state index in [1.807, 2.05) is 25.7 Å². The molecule has 0 aliphatic carbocycles. The second-order valence-electron chi connectivity index (χ2n) is 5.61. The van der Waals surface area contributed by atoms with Crippen LogP contribution in [0.4, 0.5) is 0 Å². The molecule has 0 saturated carbocycles. The molecule has 1 aliphatic heterocycles. The third-order valence-electron chi connectivity index (χ3n) is 2.84. The molecule has 5 heteroatoms. The number of likely N-dealkylation sites (tertiary alicyclic amines) is 1. The van der Waals surface area contributed by atoms with E-state index in [4.69, 9.17) is 4.74 Å². The van der Waals surface area contributed by atoms with E-state index in [-0.39, 0.29) is 18.0 Å². The first-order valence-corrected chi connectivity index (χ1v) is 6.55. The maximum absolute atomic E-state index is 12.0. The van der Waals surface area contributed by atoms with Crippen molar-refractivity contribution in [1.82, 2.24) is 4.90 Å². The summed E-state index contributed by atoms with van der Waals surface area (Å²) in [5.74, 6) is -0.565. The molecule has 0 aromatic heterocycles. The van der Waals surface area contributed by atoms with Gasteiger partial charge < -0.3 is 9.47 Å². The van der Waals surface area contributed by atoms with Gasteiger partial charge in [-0.3, -0.25) is 9.69 Å². The van der Waals surface area contributed by atoms with Gasteiger partial charge in [-0.05, 0) is 40.2 Å². The molecule has 5 nitrogen and oxygen atoms in total. The van der Waals surface area contributed by atoms with Crippen molar-refractivity contribution in [1.29, 1.82) is 0 Å². The van der Waals surface area contributed by atoms with Gasteiger partial charge in [0.2, 0.25) is 0 Å². The fraction of sp³-hybridized carbons (Fsp3) is 0.714. The Labute approximate surface area is 114 Å². The molecule has 0 unspecified atom stereocenters. The van der Waals surface area contributed by atoms with E-state index in [9.17, 15) is 9.59 Å². The normalized spacial score (nSPS) is 20.7. The summed E-state index contributed by atoms with van der Waals surface area (Å²) in [6.07, 6.45) is 4.87. The number of ether oxygens (including phenoxy) is 2. The van der Waals surface area contributed by atoms with Crippen molar-refractivity contribution in [3.8, 4) is 0 Å². The second-order valence-corrected chi connectivity index (χ2v) is 5.61. The van der Waals surface area contributed by atoms with E-state index in [1.54, 1.807) is 6.08 Å². The Hall–Kier alpha value is -1.36. The van der Waals surface area contributed by atoms with E-state index in [0.29, 0.717) is 6.54 Å². The van der Waals surface area contributed by atoms with Crippen molar-refractivity contribution in [3.05, 3.63) is 12.2 Å². The monoisotopic (exact) mass is 269 g/mol. The van der Waals surface area contributed by atoms with Gasteiger partial charge in [0.1, 0.15) is 11.6 Å². The van der Waals surface area contributed by atoms with Crippen molar-refractivity contribution in [2.24, 2.45) is 0 Å². The Kier molecular flexibility index (Phi) is 5.54. The van der Waals surface area contributed by atoms with Crippen LogP contribution in [0.3, 0.4) is 0 Å². The minimum absolute atomic E-state index is 0.184. The summed E-state index contributed by atoms with van der Waals surface area (Å²) in [4.78, 5) is 25.0. The number of nitrogens with zero attached hydrogens (tertiary/aromatic N) is 1. The van der Waals surface area contributed by atoms with Crippen molar-refractivity contribution < 1.29 is 19.1 Å². The molecule has 0 aromatic rings. The zero-order valence-electron chi connectivity index (χ0n) is 12.1. The lowest BCUT2D eigenvalue weighted by atomic mass is 10.1. The van der Waals surface area contributed by atoms with Gasteiger partial charge in [0.25, 0.3) is 0 Å². The molecule has 0 radical (unpaired) electrons. The van der Waals surface area contributed by atoms with Gasteiger partial charge in [-0.1, -0.05) is 6.08 Å². The molecular formula is C14H23NO4. The van der Waals surface area contributed by atoms with Crippen LogP contribution in [0.25, 0.3) is 0 Å². The number of carbonyl (C=O) groups is 2. The van der Waals surface area contributed by atoms with E-state index in [2.05, 4.69) is 4.74 Å². The fourth-order valence-electron chi connectivity index (χ4n) is 2.03. The Morgan fingerprint density at radius 2 is 2.05 bits per heavy atom. The van der Waals surface area contributed by atoms with Gasteiger partial charge in [-0.15, -0.1) is 0 Å². The first kappa shape index (κ1) is 15.7. The lowest BCUT2D eigenvalue weighted by Gasteiger charge is -2.26. The highest BCUT2D eigenvalue weighted by Gasteiger charge is 2.33. The number of methoxy groups -OCH3 is 1. The maximum atomic E-state index is 12.0. The Balaban J connectivity index is 2.52. The molecule has 0 aromatic carbocycles. The van der Waals surface area contributed by atoms with Gasteiger partial charge in [-0.25, -0.2) is 4.79 Å². The molecule has 1 heterocycles. The number of esters is 2. The van der Waals surface area contributed by atoms with Crippen molar-refractivity contribution in [3.63, 3.8) is 0 Å². The van der Waals surface area contributed by atoms with E-state index in [0.717, 1.165) is 19.4 Å². The molecule has 0 N–H and O–H groups in total. The molecule has 1 saturated heterocycles. The van der Waals surface area contributed by atoms with Gasteiger partial charge in [0, 0.05) is 12.6 Å². The SMILES string of the molecule is COC(=O)/C=C/CN1CCC[C@H]1C(=O)OC(C)(C)C. The molecular weight excluding hydrogens is 246 g/mol. The van der Waals surface area contributed by atoms with Crippen LogP contribution in [0, 0.1) is 0 Å². The summed E-state index contributed by atoms with van der Waals surface area (Å²) in [5.41, 5.74) is -0.465. The molecule has 0 amide bonds. The number of hydrogen-bond acceptors (Lipinski definition) is 5. The van der Waals surface area contributed by atoms with Gasteiger partial charge in [0.05, 0.1) is 7.11 Å². The molecule has 0 spiro atoms. The van der Waals surface area contributed by atoms with Crippen LogP contribution < -0.4 is 0 Å². The highest BCUT2D eigenvalue weighted by molar-refractivity contribution is 5.81. The molecule has 1 atom stereocenters. The lowest BCUT2D eigenvalue weighted by Crippen LogP contribution is -2.40. The van der Waals surface area contributed by atoms with Crippen molar-refractivity contribution in [2.45, 2.75) is 45.3 Å². The van der Waals surface area contributed by atoms with Crippen LogP contribution in [-0.2, 0) is 19.1 Å². The van der Waals surface area contributed by atoms with Crippen LogP contribution in [0.2, 0.25) is 0 Å². The van der Waals surface area contributed by atoms with Crippen molar-refractivity contribution in [2.75, 3.05) is 20.2 Å². The van der Waals surface area contributed by atoms with E-state index in [1.165, 1.54) is 13.2 Å². The summed E-state index contributed by atoms with van der Waals surface area (Å²) in [7, 11) is 1.34. The van der Waals surface area contributed by atoms with Gasteiger partial charge >= 0.3 is 11.9 Å². The van der Waals surface area contributed by atoms with E-state index < -0.39 is 5.60 Å². The third kappa shape index (κ3) is 5.42. The largest absolute Gasteiger partial charge is 0.466 e. The molecule has 1 rings (SSSR count). The predicted molar refractivity (Wildman–Crippen MR) is 71.6 cm³/mol. The lowest BCUT2D eigenvalue weighted by molar-refractivity contribution is -0.160. The van der Waals surface area contributed by atoms with Crippen LogP contribution in [0.1, 0.15) is 33.6 Å². The Bertz CT molecular complexity index is 357. The second kappa shape index (κ2) is 6.70. The third-order valence-corrected chi connectivity index (χ3v) is 2.84. The first-order chi connectivity index (χ1) is 8.83. The summed E-state index contributed by atoms with van der Waals surface area (Å²) in [6, 6.07) is -0.207. The highest BCUT2D eigenvalue weighted by Crippen LogP contribution is 2.20. The topological polar surface area (TPSA) is 55.8 Å². The average molecular weight is 269 g/mol. The van der Waals surface area contributed by atoms with E-state index >= 15 is 0 Å². The standard InChI is InChI=1S/C14H23NO4/c1-14(2,3)19-13(17)11-7-5-9-15(11)10-6-8-12(16)18-4/h6,8,11H,5,7,9-10H2,1-4H3/b8-6+/t11-/m0/s1. The Morgan fingerprint density at radius 3 is 2.63 bits per heavy atom. The quantitative estimate of drug-likeness (QED) is 0.572. The highest BCUT2D eigenvalue weighted by atomic mass is 16.6. The van der Waals surface area contributed by atoms with Gasteiger partial charge in [0.15, 0.2) is 0 Å². The summed E-state index contributed by atoms with van der Waals surface area (Å²) < 4.78 is 9.92. The minimum atomic E-state index is -0.465. The molecule has 0 bridgehead atoms. The fourth-order valence-corrected chi connectivity index (χ4v) is 2.03. The van der Waals surface area contributed by atoms with Crippen LogP contribution >= 0.6 is 0 Å².